The Kier molecular flexibility index (Phi) is 2.14. The Morgan fingerprint density at radius 2 is 2.06 bits per heavy atom. The molecule has 1 aliphatic rings. The molecule has 0 atom stereocenters. The minimum absolute atomic E-state index is 0.239. The molecular weight excluding hydrogens is 224 g/mol. The minimum atomic E-state index is -0.641. The second-order valence-corrected chi connectivity index (χ2v) is 4.24. The fourth-order valence-corrected chi connectivity index (χ4v) is 1.90. The van der Waals surface area contributed by atoms with Gasteiger partial charge in [0.15, 0.2) is 0 Å². The summed E-state index contributed by atoms with van der Waals surface area (Å²) in [6.45, 7) is 0. The summed E-state index contributed by atoms with van der Waals surface area (Å²) in [4.78, 5) is 4.11. The summed E-state index contributed by atoms with van der Waals surface area (Å²) >= 11 is 0. The highest BCUT2D eigenvalue weighted by Gasteiger charge is 2.27. The van der Waals surface area contributed by atoms with Gasteiger partial charge in [0.05, 0.1) is 6.33 Å². The van der Waals surface area contributed by atoms with Crippen molar-refractivity contribution in [1.82, 2.24) is 9.55 Å². The molecule has 88 valence electrons. The van der Waals surface area contributed by atoms with Crippen molar-refractivity contribution in [3.8, 4) is 11.3 Å². The van der Waals surface area contributed by atoms with Crippen molar-refractivity contribution < 1.29 is 8.78 Å². The Labute approximate surface area is 96.9 Å². The molecule has 0 amide bonds. The molecule has 0 bridgehead atoms. The third-order valence-corrected chi connectivity index (χ3v) is 2.96. The maximum Gasteiger partial charge on any atom is 0.135 e. The molecule has 17 heavy (non-hydrogen) atoms. The standard InChI is InChI=1S/C12H11F2N3/c13-7-1-4-9(10(14)5-7)11-12(15)17(6-16-11)8-2-3-8/h1,4-6,8H,2-3,15H2. The van der Waals surface area contributed by atoms with Gasteiger partial charge in [0.1, 0.15) is 23.1 Å². The lowest BCUT2D eigenvalue weighted by molar-refractivity contribution is 0.585. The van der Waals surface area contributed by atoms with Crippen molar-refractivity contribution in [1.29, 1.82) is 0 Å². The van der Waals surface area contributed by atoms with E-state index in [1.807, 2.05) is 4.57 Å². The van der Waals surface area contributed by atoms with Crippen LogP contribution in [0.5, 0.6) is 0 Å². The molecule has 2 N–H and O–H groups in total. The first-order valence-corrected chi connectivity index (χ1v) is 5.44. The summed E-state index contributed by atoms with van der Waals surface area (Å²) in [5.74, 6) is -0.804. The lowest BCUT2D eigenvalue weighted by Gasteiger charge is -2.04. The topological polar surface area (TPSA) is 43.8 Å². The smallest absolute Gasteiger partial charge is 0.135 e. The van der Waals surface area contributed by atoms with Crippen molar-refractivity contribution in [2.75, 3.05) is 5.73 Å². The maximum absolute atomic E-state index is 13.6. The van der Waals surface area contributed by atoms with Crippen LogP contribution in [0.1, 0.15) is 18.9 Å². The highest BCUT2D eigenvalue weighted by Crippen LogP contribution is 2.39. The fourth-order valence-electron chi connectivity index (χ4n) is 1.90. The van der Waals surface area contributed by atoms with Gasteiger partial charge >= 0.3 is 0 Å². The molecule has 3 nitrogen and oxygen atoms in total. The first-order chi connectivity index (χ1) is 8.16. The van der Waals surface area contributed by atoms with Crippen LogP contribution in [0.4, 0.5) is 14.6 Å². The molecule has 1 aliphatic carbocycles. The normalized spacial score (nSPS) is 15.2. The Bertz CT molecular complexity index is 573. The number of rotatable bonds is 2. The van der Waals surface area contributed by atoms with Crippen molar-refractivity contribution >= 4 is 5.82 Å². The van der Waals surface area contributed by atoms with Crippen LogP contribution in [-0.4, -0.2) is 9.55 Å². The van der Waals surface area contributed by atoms with Gasteiger partial charge in [0, 0.05) is 17.7 Å². The number of hydrogen-bond acceptors (Lipinski definition) is 2. The maximum atomic E-state index is 13.6. The van der Waals surface area contributed by atoms with Crippen molar-refractivity contribution in [3.05, 3.63) is 36.2 Å². The zero-order valence-corrected chi connectivity index (χ0v) is 9.03. The molecule has 1 saturated carbocycles. The van der Waals surface area contributed by atoms with Crippen LogP contribution in [0.25, 0.3) is 11.3 Å². The van der Waals surface area contributed by atoms with Crippen LogP contribution in [0.15, 0.2) is 24.5 Å². The second-order valence-electron chi connectivity index (χ2n) is 4.24. The van der Waals surface area contributed by atoms with E-state index in [0.29, 0.717) is 17.6 Å². The second kappa shape index (κ2) is 3.55. The summed E-state index contributed by atoms with van der Waals surface area (Å²) in [6.07, 6.45) is 3.77. The van der Waals surface area contributed by atoms with Crippen molar-refractivity contribution in [2.45, 2.75) is 18.9 Å². The summed E-state index contributed by atoms with van der Waals surface area (Å²) in [7, 11) is 0. The van der Waals surface area contributed by atoms with E-state index in [1.165, 1.54) is 12.1 Å². The lowest BCUT2D eigenvalue weighted by Crippen LogP contribution is -2.00. The molecule has 0 radical (unpaired) electrons. The van der Waals surface area contributed by atoms with Gasteiger partial charge in [-0.05, 0) is 25.0 Å². The lowest BCUT2D eigenvalue weighted by atomic mass is 10.1. The molecule has 1 aromatic carbocycles. The first-order valence-electron chi connectivity index (χ1n) is 5.44. The number of benzene rings is 1. The Hall–Kier alpha value is -1.91. The number of nitrogens with zero attached hydrogens (tertiary/aromatic N) is 2. The zero-order chi connectivity index (χ0) is 12.0. The molecule has 0 unspecified atom stereocenters. The Morgan fingerprint density at radius 1 is 1.29 bits per heavy atom. The van der Waals surface area contributed by atoms with Gasteiger partial charge in [-0.25, -0.2) is 13.8 Å². The SMILES string of the molecule is Nc1c(-c2ccc(F)cc2F)ncn1C1CC1. The van der Waals surface area contributed by atoms with Gasteiger partial charge in [0.2, 0.25) is 0 Å². The molecule has 0 saturated heterocycles. The van der Waals surface area contributed by atoms with Crippen molar-refractivity contribution in [3.63, 3.8) is 0 Å². The predicted molar refractivity (Wildman–Crippen MR) is 60.3 cm³/mol. The molecular formula is C12H11F2N3. The number of nitrogens with two attached hydrogens (primary N) is 1. The van der Waals surface area contributed by atoms with Crippen LogP contribution in [0, 0.1) is 11.6 Å². The van der Waals surface area contributed by atoms with Crippen LogP contribution in [0.2, 0.25) is 0 Å². The van der Waals surface area contributed by atoms with Gasteiger partial charge in [-0.3, -0.25) is 0 Å². The summed E-state index contributed by atoms with van der Waals surface area (Å²) in [6, 6.07) is 3.79. The molecule has 0 spiro atoms. The molecule has 1 heterocycles. The van der Waals surface area contributed by atoms with E-state index in [-0.39, 0.29) is 5.56 Å². The van der Waals surface area contributed by atoms with Gasteiger partial charge in [-0.15, -0.1) is 0 Å². The summed E-state index contributed by atoms with van der Waals surface area (Å²) in [5.41, 5.74) is 6.55. The number of imidazole rings is 1. The van der Waals surface area contributed by atoms with E-state index < -0.39 is 11.6 Å². The molecule has 1 fully saturated rings. The zero-order valence-electron chi connectivity index (χ0n) is 9.03. The number of hydrogen-bond donors (Lipinski definition) is 1. The molecule has 0 aliphatic heterocycles. The number of nitrogen functional groups attached to an aromatic ring is 1. The number of halogens is 2. The van der Waals surface area contributed by atoms with Gasteiger partial charge in [0.25, 0.3) is 0 Å². The Balaban J connectivity index is 2.08. The Morgan fingerprint density at radius 3 is 2.71 bits per heavy atom. The van der Waals surface area contributed by atoms with Crippen molar-refractivity contribution in [2.24, 2.45) is 0 Å². The van der Waals surface area contributed by atoms with Crippen LogP contribution >= 0.6 is 0 Å². The van der Waals surface area contributed by atoms with E-state index in [4.69, 9.17) is 5.73 Å². The van der Waals surface area contributed by atoms with Gasteiger partial charge in [-0.1, -0.05) is 0 Å². The number of aromatic nitrogens is 2. The monoisotopic (exact) mass is 235 g/mol. The van der Waals surface area contributed by atoms with E-state index >= 15 is 0 Å². The van der Waals surface area contributed by atoms with Gasteiger partial charge < -0.3 is 10.3 Å². The third-order valence-electron chi connectivity index (χ3n) is 2.96. The predicted octanol–water partition coefficient (Wildman–Crippen LogP) is 2.75. The summed E-state index contributed by atoms with van der Waals surface area (Å²) in [5, 5.41) is 0. The van der Waals surface area contributed by atoms with E-state index in [9.17, 15) is 8.78 Å². The quantitative estimate of drug-likeness (QED) is 0.869. The van der Waals surface area contributed by atoms with Crippen LogP contribution in [-0.2, 0) is 0 Å². The molecule has 5 heteroatoms. The largest absolute Gasteiger partial charge is 0.383 e. The average Bonchev–Trinajstić information content (AvgIpc) is 3.04. The average molecular weight is 235 g/mol. The highest BCUT2D eigenvalue weighted by molar-refractivity contribution is 5.71. The van der Waals surface area contributed by atoms with E-state index in [1.54, 1.807) is 6.33 Å². The molecule has 1 aromatic heterocycles. The highest BCUT2D eigenvalue weighted by atomic mass is 19.1. The van der Waals surface area contributed by atoms with Gasteiger partial charge in [-0.2, -0.15) is 0 Å². The fraction of sp³-hybridized carbons (Fsp3) is 0.250. The third kappa shape index (κ3) is 1.67. The van der Waals surface area contributed by atoms with Crippen LogP contribution in [0.3, 0.4) is 0 Å². The number of anilines is 1. The van der Waals surface area contributed by atoms with E-state index in [0.717, 1.165) is 18.9 Å². The van der Waals surface area contributed by atoms with E-state index in [2.05, 4.69) is 4.98 Å². The van der Waals surface area contributed by atoms with Crippen LogP contribution < -0.4 is 5.73 Å². The summed E-state index contributed by atoms with van der Waals surface area (Å²) < 4.78 is 28.3. The molecule has 3 rings (SSSR count). The first kappa shape index (κ1) is 10.3. The molecule has 2 aromatic rings. The minimum Gasteiger partial charge on any atom is -0.383 e.